The molecule has 17 heavy (non-hydrogen) atoms. The number of nitrogens with zero attached hydrogens (tertiary/aromatic N) is 2. The van der Waals surface area contributed by atoms with Gasteiger partial charge in [0, 0.05) is 24.7 Å². The van der Waals surface area contributed by atoms with Crippen LogP contribution < -0.4 is 5.32 Å². The smallest absolute Gasteiger partial charge is 0.187 e. The van der Waals surface area contributed by atoms with Crippen molar-refractivity contribution in [1.82, 2.24) is 15.1 Å². The van der Waals surface area contributed by atoms with E-state index in [1.54, 1.807) is 6.20 Å². The Morgan fingerprint density at radius 1 is 1.65 bits per heavy atom. The van der Waals surface area contributed by atoms with Crippen LogP contribution in [0.1, 0.15) is 43.6 Å². The molecule has 0 aromatic carbocycles. The normalized spacial score (nSPS) is 24.8. The lowest BCUT2D eigenvalue weighted by Crippen LogP contribution is -2.44. The quantitative estimate of drug-likeness (QED) is 0.810. The largest absolute Gasteiger partial charge is 0.316 e. The van der Waals surface area contributed by atoms with Crippen LogP contribution in [0, 0.1) is 5.41 Å². The van der Waals surface area contributed by atoms with Crippen LogP contribution in [0.2, 0.25) is 0 Å². The second kappa shape index (κ2) is 5.00. The van der Waals surface area contributed by atoms with Crippen molar-refractivity contribution in [2.75, 3.05) is 13.1 Å². The highest BCUT2D eigenvalue weighted by molar-refractivity contribution is 5.99. The maximum atomic E-state index is 12.6. The van der Waals surface area contributed by atoms with Crippen molar-refractivity contribution < 1.29 is 4.79 Å². The molecule has 0 amide bonds. The summed E-state index contributed by atoms with van der Waals surface area (Å²) in [7, 11) is 0. The van der Waals surface area contributed by atoms with Gasteiger partial charge in [-0.3, -0.25) is 9.48 Å². The molecule has 4 heteroatoms. The van der Waals surface area contributed by atoms with Crippen molar-refractivity contribution in [3.05, 3.63) is 18.0 Å². The predicted molar refractivity (Wildman–Crippen MR) is 67.1 cm³/mol. The summed E-state index contributed by atoms with van der Waals surface area (Å²) >= 11 is 0. The van der Waals surface area contributed by atoms with Crippen LogP contribution >= 0.6 is 0 Å². The fourth-order valence-corrected chi connectivity index (χ4v) is 2.47. The lowest BCUT2D eigenvalue weighted by molar-refractivity contribution is 0.0760. The molecule has 0 radical (unpaired) electrons. The summed E-state index contributed by atoms with van der Waals surface area (Å²) in [6, 6.07) is 1.85. The molecule has 1 atom stereocenters. The average Bonchev–Trinajstić information content (AvgIpc) is 2.78. The molecule has 2 rings (SSSR count). The fraction of sp³-hybridized carbons (Fsp3) is 0.692. The van der Waals surface area contributed by atoms with Gasteiger partial charge in [0.1, 0.15) is 5.69 Å². The molecule has 0 saturated carbocycles. The van der Waals surface area contributed by atoms with Gasteiger partial charge in [0.25, 0.3) is 0 Å². The van der Waals surface area contributed by atoms with Gasteiger partial charge >= 0.3 is 0 Å². The number of ketones is 1. The highest BCUT2D eigenvalue weighted by Crippen LogP contribution is 2.29. The molecule has 1 aliphatic heterocycles. The van der Waals surface area contributed by atoms with Crippen LogP contribution in [0.15, 0.2) is 12.3 Å². The molecule has 1 N–H and O–H groups in total. The molecule has 0 spiro atoms. The number of aromatic nitrogens is 2. The van der Waals surface area contributed by atoms with Crippen molar-refractivity contribution in [3.63, 3.8) is 0 Å². The van der Waals surface area contributed by atoms with Gasteiger partial charge in [-0.05, 0) is 31.9 Å². The Hall–Kier alpha value is -1.16. The van der Waals surface area contributed by atoms with Crippen molar-refractivity contribution >= 4 is 5.78 Å². The second-order valence-electron chi connectivity index (χ2n) is 5.11. The first kappa shape index (κ1) is 12.3. The maximum absolute atomic E-state index is 12.6. The van der Waals surface area contributed by atoms with Gasteiger partial charge in [-0.25, -0.2) is 0 Å². The van der Waals surface area contributed by atoms with Crippen LogP contribution in [-0.2, 0) is 6.54 Å². The second-order valence-corrected chi connectivity index (χ2v) is 5.11. The third-order valence-corrected chi connectivity index (χ3v) is 3.53. The Morgan fingerprint density at radius 3 is 3.12 bits per heavy atom. The standard InChI is InChI=1S/C13H21N3O/c1-3-9-16-11(5-8-15-16)12(17)13(2)6-4-7-14-10-13/h5,8,14H,3-4,6-7,9-10H2,1-2H3. The number of carbonyl (C=O) groups is 1. The number of aryl methyl sites for hydroxylation is 1. The van der Waals surface area contributed by atoms with Crippen molar-refractivity contribution in [1.29, 1.82) is 0 Å². The number of nitrogens with one attached hydrogen (secondary N) is 1. The summed E-state index contributed by atoms with van der Waals surface area (Å²) in [5.74, 6) is 0.232. The van der Waals surface area contributed by atoms with Gasteiger partial charge in [0.05, 0.1) is 0 Å². The lowest BCUT2D eigenvalue weighted by Gasteiger charge is -2.32. The molecule has 0 bridgehead atoms. The van der Waals surface area contributed by atoms with Crippen LogP contribution in [0.3, 0.4) is 0 Å². The van der Waals surface area contributed by atoms with Gasteiger partial charge in [-0.1, -0.05) is 13.8 Å². The van der Waals surface area contributed by atoms with E-state index in [-0.39, 0.29) is 11.2 Å². The van der Waals surface area contributed by atoms with Crippen molar-refractivity contribution in [2.45, 2.75) is 39.7 Å². The van der Waals surface area contributed by atoms with E-state index in [1.165, 1.54) is 0 Å². The maximum Gasteiger partial charge on any atom is 0.187 e. The molecule has 1 aliphatic rings. The minimum atomic E-state index is -0.260. The van der Waals surface area contributed by atoms with Crippen molar-refractivity contribution in [2.24, 2.45) is 5.41 Å². The molecule has 1 unspecified atom stereocenters. The third-order valence-electron chi connectivity index (χ3n) is 3.53. The van der Waals surface area contributed by atoms with E-state index in [0.29, 0.717) is 0 Å². The topological polar surface area (TPSA) is 46.9 Å². The summed E-state index contributed by atoms with van der Waals surface area (Å²) in [6.07, 6.45) is 4.76. The lowest BCUT2D eigenvalue weighted by atomic mass is 9.78. The Balaban J connectivity index is 2.20. The van der Waals surface area contributed by atoms with E-state index >= 15 is 0 Å². The molecule has 2 heterocycles. The monoisotopic (exact) mass is 235 g/mol. The molecule has 94 valence electrons. The number of hydrogen-bond acceptors (Lipinski definition) is 3. The summed E-state index contributed by atoms with van der Waals surface area (Å²) in [6.45, 7) is 6.78. The first-order chi connectivity index (χ1) is 8.17. The Bertz CT molecular complexity index is 391. The van der Waals surface area contributed by atoms with Gasteiger partial charge in [0.15, 0.2) is 5.78 Å². The highest BCUT2D eigenvalue weighted by atomic mass is 16.1. The Labute approximate surface area is 102 Å². The van der Waals surface area contributed by atoms with E-state index in [1.807, 2.05) is 10.7 Å². The molecular formula is C13H21N3O. The number of rotatable bonds is 4. The Kier molecular flexibility index (Phi) is 3.62. The van der Waals surface area contributed by atoms with E-state index in [4.69, 9.17) is 0 Å². The van der Waals surface area contributed by atoms with E-state index in [9.17, 15) is 4.79 Å². The van der Waals surface area contributed by atoms with Gasteiger partial charge < -0.3 is 5.32 Å². The number of carbonyl (C=O) groups excluding carboxylic acids is 1. The third kappa shape index (κ3) is 2.41. The molecule has 1 aromatic heterocycles. The fourth-order valence-electron chi connectivity index (χ4n) is 2.47. The molecular weight excluding hydrogens is 214 g/mol. The van der Waals surface area contributed by atoms with Crippen LogP contribution in [-0.4, -0.2) is 28.7 Å². The number of Topliss-reactive ketones (excluding diaryl/α,β-unsaturated/α-hetero) is 1. The summed E-state index contributed by atoms with van der Waals surface area (Å²) in [5, 5.41) is 7.55. The van der Waals surface area contributed by atoms with Crippen molar-refractivity contribution in [3.8, 4) is 0 Å². The summed E-state index contributed by atoms with van der Waals surface area (Å²) in [4.78, 5) is 12.6. The van der Waals surface area contributed by atoms with E-state index in [2.05, 4.69) is 24.3 Å². The highest BCUT2D eigenvalue weighted by Gasteiger charge is 2.36. The number of hydrogen-bond donors (Lipinski definition) is 1. The van der Waals surface area contributed by atoms with Gasteiger partial charge in [-0.2, -0.15) is 5.10 Å². The predicted octanol–water partition coefficient (Wildman–Crippen LogP) is 1.87. The van der Waals surface area contributed by atoms with Crippen LogP contribution in [0.4, 0.5) is 0 Å². The van der Waals surface area contributed by atoms with Gasteiger partial charge in [0.2, 0.25) is 0 Å². The summed E-state index contributed by atoms with van der Waals surface area (Å²) < 4.78 is 1.84. The number of piperidine rings is 1. The zero-order valence-electron chi connectivity index (χ0n) is 10.7. The van der Waals surface area contributed by atoms with E-state index in [0.717, 1.165) is 44.6 Å². The Morgan fingerprint density at radius 2 is 2.47 bits per heavy atom. The SMILES string of the molecule is CCCn1nccc1C(=O)C1(C)CCCNC1. The average molecular weight is 235 g/mol. The molecule has 4 nitrogen and oxygen atoms in total. The van der Waals surface area contributed by atoms with E-state index < -0.39 is 0 Å². The zero-order chi connectivity index (χ0) is 12.3. The molecule has 1 saturated heterocycles. The van der Waals surface area contributed by atoms with Crippen LogP contribution in [0.5, 0.6) is 0 Å². The minimum absolute atomic E-state index is 0.232. The zero-order valence-corrected chi connectivity index (χ0v) is 10.7. The minimum Gasteiger partial charge on any atom is -0.316 e. The first-order valence-corrected chi connectivity index (χ1v) is 6.45. The molecule has 1 fully saturated rings. The van der Waals surface area contributed by atoms with Crippen LogP contribution in [0.25, 0.3) is 0 Å². The van der Waals surface area contributed by atoms with Gasteiger partial charge in [-0.15, -0.1) is 0 Å². The molecule has 1 aromatic rings. The summed E-state index contributed by atoms with van der Waals surface area (Å²) in [5.41, 5.74) is 0.502. The molecule has 0 aliphatic carbocycles. The first-order valence-electron chi connectivity index (χ1n) is 6.45.